The van der Waals surface area contributed by atoms with Crippen LogP contribution in [0.5, 0.6) is 5.75 Å². The van der Waals surface area contributed by atoms with Crippen LogP contribution in [0.25, 0.3) is 0 Å². The van der Waals surface area contributed by atoms with Gasteiger partial charge in [-0.2, -0.15) is 0 Å². The minimum Gasteiger partial charge on any atom is -0.494 e. The first-order chi connectivity index (χ1) is 14.6. The van der Waals surface area contributed by atoms with Crippen molar-refractivity contribution < 1.29 is 14.3 Å². The van der Waals surface area contributed by atoms with Gasteiger partial charge in [0.2, 0.25) is 11.8 Å². The molecule has 0 bridgehead atoms. The second kappa shape index (κ2) is 9.30. The summed E-state index contributed by atoms with van der Waals surface area (Å²) in [6.45, 7) is 5.92. The lowest BCUT2D eigenvalue weighted by Gasteiger charge is -2.36. The number of ether oxygens (including phenoxy) is 1. The molecule has 1 fully saturated rings. The van der Waals surface area contributed by atoms with Crippen molar-refractivity contribution in [1.82, 2.24) is 15.1 Å². The van der Waals surface area contributed by atoms with E-state index in [1.165, 1.54) is 11.1 Å². The first kappa shape index (κ1) is 20.4. The lowest BCUT2D eigenvalue weighted by atomic mass is 9.99. The van der Waals surface area contributed by atoms with Gasteiger partial charge in [0.25, 0.3) is 0 Å². The summed E-state index contributed by atoms with van der Waals surface area (Å²) < 4.78 is 5.51. The number of hydrogen-bond donors (Lipinski definition) is 1. The normalized spacial score (nSPS) is 19.2. The van der Waals surface area contributed by atoms with Gasteiger partial charge in [0, 0.05) is 32.7 Å². The van der Waals surface area contributed by atoms with Gasteiger partial charge in [-0.1, -0.05) is 36.4 Å². The van der Waals surface area contributed by atoms with Crippen molar-refractivity contribution in [3.05, 3.63) is 65.2 Å². The molecule has 0 saturated carbocycles. The van der Waals surface area contributed by atoms with E-state index in [0.717, 1.165) is 24.3 Å². The third-order valence-corrected chi connectivity index (χ3v) is 5.91. The van der Waals surface area contributed by atoms with Gasteiger partial charge in [-0.05, 0) is 42.2 Å². The molecule has 0 spiro atoms. The van der Waals surface area contributed by atoms with Crippen molar-refractivity contribution in [2.75, 3.05) is 26.2 Å². The van der Waals surface area contributed by atoms with Crippen molar-refractivity contribution in [1.29, 1.82) is 0 Å². The highest BCUT2D eigenvalue weighted by Crippen LogP contribution is 2.22. The number of nitrogens with zero attached hydrogens (tertiary/aromatic N) is 2. The average Bonchev–Trinajstić information content (AvgIpc) is 2.77. The van der Waals surface area contributed by atoms with Gasteiger partial charge in [-0.3, -0.25) is 14.5 Å². The fourth-order valence-corrected chi connectivity index (χ4v) is 4.27. The molecule has 158 valence electrons. The molecule has 1 saturated heterocycles. The highest BCUT2D eigenvalue weighted by atomic mass is 16.5. The maximum atomic E-state index is 13.0. The van der Waals surface area contributed by atoms with Gasteiger partial charge >= 0.3 is 0 Å². The highest BCUT2D eigenvalue weighted by molar-refractivity contribution is 5.89. The Bertz CT molecular complexity index is 897. The fourth-order valence-electron chi connectivity index (χ4n) is 4.27. The average molecular weight is 408 g/mol. The van der Waals surface area contributed by atoms with E-state index in [1.807, 2.05) is 48.2 Å². The molecule has 6 heteroatoms. The van der Waals surface area contributed by atoms with Crippen molar-refractivity contribution in [2.24, 2.45) is 0 Å². The Kier molecular flexibility index (Phi) is 6.33. The second-order valence-electron chi connectivity index (χ2n) is 7.89. The zero-order chi connectivity index (χ0) is 20.9. The molecule has 0 unspecified atom stereocenters. The quantitative estimate of drug-likeness (QED) is 0.799. The number of rotatable bonds is 6. The molecule has 4 rings (SSSR count). The number of piperazine rings is 1. The lowest BCUT2D eigenvalue weighted by Crippen LogP contribution is -2.56. The Labute approximate surface area is 177 Å². The van der Waals surface area contributed by atoms with E-state index in [9.17, 15) is 9.59 Å². The number of amides is 2. The summed E-state index contributed by atoms with van der Waals surface area (Å²) in [5.41, 5.74) is 3.63. The van der Waals surface area contributed by atoms with Crippen molar-refractivity contribution >= 4 is 11.8 Å². The molecule has 0 aliphatic carbocycles. The molecular formula is C24H29N3O3. The lowest BCUT2D eigenvalue weighted by molar-refractivity contribution is -0.139. The van der Waals surface area contributed by atoms with Crippen LogP contribution in [0.15, 0.2) is 48.5 Å². The van der Waals surface area contributed by atoms with Crippen LogP contribution in [0.4, 0.5) is 0 Å². The molecule has 2 aliphatic rings. The zero-order valence-electron chi connectivity index (χ0n) is 17.5. The SMILES string of the molecule is CCOc1ccc(CN2CCNC(=O)[C@H]2CC(=O)N2CCc3ccccc3C2)cc1. The summed E-state index contributed by atoms with van der Waals surface area (Å²) in [6.07, 6.45) is 1.08. The fraction of sp³-hybridized carbons (Fsp3) is 0.417. The summed E-state index contributed by atoms with van der Waals surface area (Å²) >= 11 is 0. The largest absolute Gasteiger partial charge is 0.494 e. The molecule has 2 aromatic carbocycles. The molecule has 1 atom stereocenters. The van der Waals surface area contributed by atoms with E-state index in [-0.39, 0.29) is 18.2 Å². The van der Waals surface area contributed by atoms with E-state index in [2.05, 4.69) is 22.3 Å². The molecule has 2 heterocycles. The van der Waals surface area contributed by atoms with Crippen molar-refractivity contribution in [3.63, 3.8) is 0 Å². The van der Waals surface area contributed by atoms with Gasteiger partial charge in [0.15, 0.2) is 0 Å². The van der Waals surface area contributed by atoms with Crippen LogP contribution in [0.3, 0.4) is 0 Å². The molecule has 2 amide bonds. The summed E-state index contributed by atoms with van der Waals surface area (Å²) in [4.78, 5) is 29.6. The molecule has 0 radical (unpaired) electrons. The summed E-state index contributed by atoms with van der Waals surface area (Å²) in [6, 6.07) is 15.8. The molecule has 6 nitrogen and oxygen atoms in total. The molecule has 30 heavy (non-hydrogen) atoms. The number of carbonyl (C=O) groups excluding carboxylic acids is 2. The van der Waals surface area contributed by atoms with Gasteiger partial charge in [-0.25, -0.2) is 0 Å². The molecule has 1 N–H and O–H groups in total. The van der Waals surface area contributed by atoms with Crippen molar-refractivity contribution in [3.8, 4) is 5.75 Å². The zero-order valence-corrected chi connectivity index (χ0v) is 17.5. The predicted octanol–water partition coefficient (Wildman–Crippen LogP) is 2.36. The van der Waals surface area contributed by atoms with E-state index in [1.54, 1.807) is 0 Å². The third-order valence-electron chi connectivity index (χ3n) is 5.91. The second-order valence-corrected chi connectivity index (χ2v) is 7.89. The Balaban J connectivity index is 1.41. The predicted molar refractivity (Wildman–Crippen MR) is 115 cm³/mol. The van der Waals surface area contributed by atoms with Crippen LogP contribution >= 0.6 is 0 Å². The van der Waals surface area contributed by atoms with Crippen LogP contribution in [0, 0.1) is 0 Å². The number of nitrogens with one attached hydrogen (secondary N) is 1. The van der Waals surface area contributed by atoms with E-state index in [4.69, 9.17) is 4.74 Å². The Hall–Kier alpha value is -2.86. The van der Waals surface area contributed by atoms with E-state index < -0.39 is 6.04 Å². The highest BCUT2D eigenvalue weighted by Gasteiger charge is 2.33. The van der Waals surface area contributed by atoms with Gasteiger partial charge < -0.3 is 15.0 Å². The maximum Gasteiger partial charge on any atom is 0.237 e. The molecule has 0 aromatic heterocycles. The standard InChI is InChI=1S/C24H29N3O3/c1-2-30-21-9-7-18(8-10-21)16-26-14-12-25-24(29)22(26)15-23(28)27-13-11-19-5-3-4-6-20(19)17-27/h3-10,22H,2,11-17H2,1H3,(H,25,29)/t22-/m1/s1. The number of carbonyl (C=O) groups is 2. The van der Waals surface area contributed by atoms with E-state index in [0.29, 0.717) is 32.8 Å². The smallest absolute Gasteiger partial charge is 0.237 e. The number of fused-ring (bicyclic) bond motifs is 1. The summed E-state index contributed by atoms with van der Waals surface area (Å²) in [5, 5.41) is 2.93. The Morgan fingerprint density at radius 2 is 1.87 bits per heavy atom. The minimum atomic E-state index is -0.435. The topological polar surface area (TPSA) is 61.9 Å². The molecule has 2 aliphatic heterocycles. The van der Waals surface area contributed by atoms with Crippen LogP contribution < -0.4 is 10.1 Å². The van der Waals surface area contributed by atoms with Gasteiger partial charge in [0.1, 0.15) is 5.75 Å². The summed E-state index contributed by atoms with van der Waals surface area (Å²) in [5.74, 6) is 0.830. The van der Waals surface area contributed by atoms with Crippen LogP contribution in [-0.4, -0.2) is 53.9 Å². The van der Waals surface area contributed by atoms with Crippen LogP contribution in [0.2, 0.25) is 0 Å². The van der Waals surface area contributed by atoms with Crippen LogP contribution in [-0.2, 0) is 29.1 Å². The first-order valence-corrected chi connectivity index (χ1v) is 10.7. The summed E-state index contributed by atoms with van der Waals surface area (Å²) in [7, 11) is 0. The van der Waals surface area contributed by atoms with Gasteiger partial charge in [0.05, 0.1) is 19.1 Å². The van der Waals surface area contributed by atoms with Crippen LogP contribution in [0.1, 0.15) is 30.0 Å². The van der Waals surface area contributed by atoms with Gasteiger partial charge in [-0.15, -0.1) is 0 Å². The Morgan fingerprint density at radius 3 is 2.63 bits per heavy atom. The van der Waals surface area contributed by atoms with Crippen molar-refractivity contribution in [2.45, 2.75) is 38.9 Å². The minimum absolute atomic E-state index is 0.0447. The number of benzene rings is 2. The van der Waals surface area contributed by atoms with E-state index >= 15 is 0 Å². The first-order valence-electron chi connectivity index (χ1n) is 10.7. The third kappa shape index (κ3) is 4.65. The molecular weight excluding hydrogens is 378 g/mol. The molecule has 2 aromatic rings. The monoisotopic (exact) mass is 407 g/mol. The maximum absolute atomic E-state index is 13.0. The number of hydrogen-bond acceptors (Lipinski definition) is 4. The Morgan fingerprint density at radius 1 is 1.10 bits per heavy atom.